The van der Waals surface area contributed by atoms with E-state index in [-0.39, 0.29) is 33.1 Å². The summed E-state index contributed by atoms with van der Waals surface area (Å²) in [5.74, 6) is 0.285. The van der Waals surface area contributed by atoms with E-state index in [0.717, 1.165) is 55.7 Å². The molecule has 0 aliphatic heterocycles. The molecule has 0 bridgehead atoms. The smallest absolute Gasteiger partial charge is 0.362 e. The Morgan fingerprint density at radius 2 is 0.647 bits per heavy atom. The second kappa shape index (κ2) is 17.1. The van der Waals surface area contributed by atoms with Crippen molar-refractivity contribution >= 4 is 69.1 Å². The zero-order chi connectivity index (χ0) is 37.4. The average Bonchev–Trinajstić information content (AvgIpc) is 3.05. The zero-order valence-electron chi connectivity index (χ0n) is 26.5. The lowest BCUT2D eigenvalue weighted by Crippen LogP contribution is -2.42. The van der Waals surface area contributed by atoms with E-state index < -0.39 is 35.2 Å². The second-order valence-electron chi connectivity index (χ2n) is 12.0. The van der Waals surface area contributed by atoms with Crippen molar-refractivity contribution in [3.63, 3.8) is 0 Å². The lowest BCUT2D eigenvalue weighted by molar-refractivity contribution is -0.138. The molecule has 3 aromatic carbocycles. The minimum absolute atomic E-state index is 0.0950. The monoisotopic (exact) mass is 780 g/mol. The highest BCUT2D eigenvalue weighted by atomic mass is 32.1. The first-order chi connectivity index (χ1) is 23.8. The van der Waals surface area contributed by atoms with Gasteiger partial charge in [0.25, 0.3) is 0 Å². The van der Waals surface area contributed by atoms with Gasteiger partial charge in [-0.1, -0.05) is 0 Å². The maximum Gasteiger partial charge on any atom is 0.416 e. The highest BCUT2D eigenvalue weighted by molar-refractivity contribution is 7.80. The SMILES string of the molecule is FC(F)(F)c1ccc(NC(=S)NCC2CC(CNC(=S)Nc3ccc(C(F)(F)F)cc3)CC(CNC(=S)Nc3ccc(C(F)(F)F)cc3)C2)cc1. The van der Waals surface area contributed by atoms with Crippen molar-refractivity contribution in [2.75, 3.05) is 35.6 Å². The third-order valence-corrected chi connectivity index (χ3v) is 8.80. The Morgan fingerprint density at radius 1 is 0.431 bits per heavy atom. The third-order valence-electron chi connectivity index (χ3n) is 8.06. The minimum atomic E-state index is -4.46. The molecule has 0 atom stereocenters. The van der Waals surface area contributed by atoms with E-state index >= 15 is 0 Å². The molecule has 0 unspecified atom stereocenters. The van der Waals surface area contributed by atoms with Crippen molar-refractivity contribution in [2.45, 2.75) is 37.8 Å². The first-order valence-corrected chi connectivity index (χ1v) is 16.7. The Kier molecular flexibility index (Phi) is 13.4. The number of anilines is 3. The third kappa shape index (κ3) is 13.0. The van der Waals surface area contributed by atoms with Gasteiger partial charge in [-0.25, -0.2) is 0 Å². The Balaban J connectivity index is 1.33. The average molecular weight is 781 g/mol. The van der Waals surface area contributed by atoms with E-state index in [9.17, 15) is 39.5 Å². The predicted molar refractivity (Wildman–Crippen MR) is 191 cm³/mol. The van der Waals surface area contributed by atoms with E-state index in [4.69, 9.17) is 36.7 Å². The summed E-state index contributed by atoms with van der Waals surface area (Å²) < 4.78 is 116. The molecule has 0 saturated heterocycles. The molecule has 6 N–H and O–H groups in total. The quantitative estimate of drug-likeness (QED) is 0.0944. The van der Waals surface area contributed by atoms with Gasteiger partial charge in [0.2, 0.25) is 0 Å². The van der Waals surface area contributed by atoms with Gasteiger partial charge in [-0.15, -0.1) is 0 Å². The number of alkyl halides is 9. The molecule has 0 heterocycles. The van der Waals surface area contributed by atoms with Crippen LogP contribution in [0.4, 0.5) is 56.6 Å². The molecule has 4 rings (SSSR count). The van der Waals surface area contributed by atoms with Crippen molar-refractivity contribution in [2.24, 2.45) is 17.8 Å². The highest BCUT2D eigenvalue weighted by Crippen LogP contribution is 2.34. The Morgan fingerprint density at radius 3 is 0.843 bits per heavy atom. The number of hydrogen-bond acceptors (Lipinski definition) is 3. The number of nitrogens with one attached hydrogen (secondary N) is 6. The molecule has 0 spiro atoms. The Labute approximate surface area is 304 Å². The molecular weight excluding hydrogens is 748 g/mol. The van der Waals surface area contributed by atoms with Crippen LogP contribution in [0.1, 0.15) is 36.0 Å². The summed E-state index contributed by atoms with van der Waals surface area (Å²) in [7, 11) is 0. The minimum Gasteiger partial charge on any atom is -0.362 e. The zero-order valence-corrected chi connectivity index (χ0v) is 29.0. The van der Waals surface area contributed by atoms with E-state index in [2.05, 4.69) is 31.9 Å². The molecule has 1 fully saturated rings. The van der Waals surface area contributed by atoms with Crippen LogP contribution in [0.3, 0.4) is 0 Å². The molecular formula is C33H33F9N6S3. The number of benzene rings is 3. The van der Waals surface area contributed by atoms with Crippen LogP contribution >= 0.6 is 36.7 Å². The lowest BCUT2D eigenvalue weighted by Gasteiger charge is -2.36. The molecule has 1 aliphatic rings. The molecule has 1 aliphatic carbocycles. The number of halogens is 9. The normalized spacial score (nSPS) is 17.9. The first kappa shape index (κ1) is 39.9. The van der Waals surface area contributed by atoms with Crippen LogP contribution in [-0.2, 0) is 18.5 Å². The molecule has 0 aromatic heterocycles. The van der Waals surface area contributed by atoms with Crippen LogP contribution < -0.4 is 31.9 Å². The summed E-state index contributed by atoms with van der Waals surface area (Å²) in [6.45, 7) is 1.34. The first-order valence-electron chi connectivity index (χ1n) is 15.5. The van der Waals surface area contributed by atoms with Crippen LogP contribution in [0.25, 0.3) is 0 Å². The summed E-state index contributed by atoms with van der Waals surface area (Å²) in [4.78, 5) is 0. The maximum atomic E-state index is 12.9. The van der Waals surface area contributed by atoms with Crippen LogP contribution in [0.15, 0.2) is 72.8 Å². The molecule has 0 radical (unpaired) electrons. The van der Waals surface area contributed by atoms with Gasteiger partial charge in [0, 0.05) is 36.7 Å². The van der Waals surface area contributed by atoms with Crippen molar-refractivity contribution in [3.8, 4) is 0 Å². The van der Waals surface area contributed by atoms with E-state index in [1.165, 1.54) is 36.4 Å². The molecule has 1 saturated carbocycles. The second-order valence-corrected chi connectivity index (χ2v) is 13.3. The van der Waals surface area contributed by atoms with Crippen LogP contribution in [0, 0.1) is 17.8 Å². The topological polar surface area (TPSA) is 72.2 Å². The fraction of sp³-hybridized carbons (Fsp3) is 0.364. The van der Waals surface area contributed by atoms with Crippen LogP contribution in [0.5, 0.6) is 0 Å². The number of hydrogen-bond donors (Lipinski definition) is 6. The predicted octanol–water partition coefficient (Wildman–Crippen LogP) is 9.04. The number of rotatable bonds is 9. The largest absolute Gasteiger partial charge is 0.416 e. The van der Waals surface area contributed by atoms with Crippen molar-refractivity contribution in [1.82, 2.24) is 16.0 Å². The van der Waals surface area contributed by atoms with Crippen molar-refractivity contribution < 1.29 is 39.5 Å². The van der Waals surface area contributed by atoms with Gasteiger partial charge in [-0.2, -0.15) is 39.5 Å². The van der Waals surface area contributed by atoms with E-state index in [1.54, 1.807) is 0 Å². The van der Waals surface area contributed by atoms with Gasteiger partial charge in [-0.3, -0.25) is 0 Å². The van der Waals surface area contributed by atoms with Crippen molar-refractivity contribution in [3.05, 3.63) is 89.5 Å². The standard InChI is InChI=1S/C33H33F9N6S3/c34-31(35,36)22-1-7-25(8-2-22)46-28(49)43-16-19-13-20(17-44-29(50)47-26-9-3-23(4-10-26)32(37,38)39)15-21(14-19)18-45-30(51)48-27-11-5-24(6-12-27)33(40,41)42/h1-12,19-21H,13-18H2,(H2,43,46,49)(H2,44,47,50)(H2,45,48,51). The molecule has 51 heavy (non-hydrogen) atoms. The molecule has 3 aromatic rings. The fourth-order valence-corrected chi connectivity index (χ4v) is 6.27. The van der Waals surface area contributed by atoms with Gasteiger partial charge in [0.15, 0.2) is 15.3 Å². The number of thiocarbonyl (C=S) groups is 3. The highest BCUT2D eigenvalue weighted by Gasteiger charge is 2.32. The summed E-state index contributed by atoms with van der Waals surface area (Å²) in [5, 5.41) is 18.7. The fourth-order valence-electron chi connectivity index (χ4n) is 5.67. The van der Waals surface area contributed by atoms with E-state index in [0.29, 0.717) is 36.7 Å². The summed E-state index contributed by atoms with van der Waals surface area (Å²) in [6, 6.07) is 13.4. The molecule has 276 valence electrons. The maximum absolute atomic E-state index is 12.9. The van der Waals surface area contributed by atoms with Gasteiger partial charge in [-0.05, 0) is 146 Å². The van der Waals surface area contributed by atoms with Gasteiger partial charge in [0.05, 0.1) is 16.7 Å². The lowest BCUT2D eigenvalue weighted by atomic mass is 9.75. The summed E-state index contributed by atoms with van der Waals surface area (Å²) in [6.07, 6.45) is -11.1. The van der Waals surface area contributed by atoms with E-state index in [1.807, 2.05) is 0 Å². The summed E-state index contributed by atoms with van der Waals surface area (Å²) in [5.41, 5.74) is -1.19. The van der Waals surface area contributed by atoms with Crippen LogP contribution in [0.2, 0.25) is 0 Å². The van der Waals surface area contributed by atoms with Gasteiger partial charge < -0.3 is 31.9 Å². The van der Waals surface area contributed by atoms with Crippen molar-refractivity contribution in [1.29, 1.82) is 0 Å². The van der Waals surface area contributed by atoms with Gasteiger partial charge in [0.1, 0.15) is 0 Å². The molecule has 0 amide bonds. The molecule has 6 nitrogen and oxygen atoms in total. The molecule has 18 heteroatoms. The summed E-state index contributed by atoms with van der Waals surface area (Å²) >= 11 is 16.1. The van der Waals surface area contributed by atoms with Gasteiger partial charge >= 0.3 is 18.5 Å². The Hall–Kier alpha value is -3.90. The Bertz CT molecular complexity index is 1430. The van der Waals surface area contributed by atoms with Crippen LogP contribution in [-0.4, -0.2) is 35.0 Å².